The normalized spacial score (nSPS) is 16.5. The molecular formula is C17H15BrN2O. The smallest absolute Gasteiger partial charge is 0.125 e. The quantitative estimate of drug-likeness (QED) is 0.710. The predicted molar refractivity (Wildman–Crippen MR) is 87.9 cm³/mol. The van der Waals surface area contributed by atoms with Crippen molar-refractivity contribution in [2.45, 2.75) is 25.8 Å². The van der Waals surface area contributed by atoms with E-state index >= 15 is 0 Å². The molecule has 0 radical (unpaired) electrons. The first-order chi connectivity index (χ1) is 10.3. The van der Waals surface area contributed by atoms with Gasteiger partial charge in [0, 0.05) is 15.4 Å². The molecule has 0 saturated carbocycles. The SMILES string of the molecule is Brc1ccc2[nH]c3c(c2c1)CCC/C3=N\Cc1ccco1. The van der Waals surface area contributed by atoms with Crippen LogP contribution in [0.15, 0.2) is 50.5 Å². The van der Waals surface area contributed by atoms with Gasteiger partial charge in [-0.25, -0.2) is 0 Å². The number of aliphatic imine (C=N–C) groups is 1. The molecule has 2 heterocycles. The van der Waals surface area contributed by atoms with Crippen molar-refractivity contribution in [1.82, 2.24) is 4.98 Å². The zero-order chi connectivity index (χ0) is 14.2. The lowest BCUT2D eigenvalue weighted by Crippen LogP contribution is -2.11. The topological polar surface area (TPSA) is 41.3 Å². The number of halogens is 1. The van der Waals surface area contributed by atoms with Gasteiger partial charge in [0.2, 0.25) is 0 Å². The lowest BCUT2D eigenvalue weighted by Gasteiger charge is -2.14. The molecule has 21 heavy (non-hydrogen) atoms. The van der Waals surface area contributed by atoms with E-state index in [1.54, 1.807) is 6.26 Å². The van der Waals surface area contributed by atoms with E-state index in [-0.39, 0.29) is 0 Å². The maximum Gasteiger partial charge on any atom is 0.125 e. The number of hydrogen-bond acceptors (Lipinski definition) is 2. The van der Waals surface area contributed by atoms with Crippen molar-refractivity contribution in [3.05, 3.63) is 58.1 Å². The molecule has 106 valence electrons. The number of benzene rings is 1. The van der Waals surface area contributed by atoms with E-state index in [4.69, 9.17) is 9.41 Å². The summed E-state index contributed by atoms with van der Waals surface area (Å²) in [6.45, 7) is 0.612. The minimum absolute atomic E-state index is 0.612. The molecule has 0 atom stereocenters. The Morgan fingerprint density at radius 2 is 2.19 bits per heavy atom. The highest BCUT2D eigenvalue weighted by atomic mass is 79.9. The fourth-order valence-electron chi connectivity index (χ4n) is 3.02. The summed E-state index contributed by atoms with van der Waals surface area (Å²) in [6.07, 6.45) is 5.00. The van der Waals surface area contributed by atoms with Gasteiger partial charge in [-0.15, -0.1) is 0 Å². The molecule has 0 unspecified atom stereocenters. The van der Waals surface area contributed by atoms with Crippen LogP contribution in [0, 0.1) is 0 Å². The van der Waals surface area contributed by atoms with E-state index in [0.717, 1.165) is 29.5 Å². The molecule has 2 aromatic heterocycles. The van der Waals surface area contributed by atoms with Gasteiger partial charge >= 0.3 is 0 Å². The number of aromatic amines is 1. The van der Waals surface area contributed by atoms with Gasteiger partial charge in [-0.3, -0.25) is 4.99 Å². The van der Waals surface area contributed by atoms with Crippen LogP contribution in [-0.2, 0) is 13.0 Å². The van der Waals surface area contributed by atoms with E-state index in [2.05, 4.69) is 39.1 Å². The van der Waals surface area contributed by atoms with E-state index in [0.29, 0.717) is 6.54 Å². The Morgan fingerprint density at radius 3 is 3.05 bits per heavy atom. The molecule has 0 spiro atoms. The molecule has 1 aliphatic rings. The molecule has 0 bridgehead atoms. The number of furan rings is 1. The van der Waals surface area contributed by atoms with Crippen molar-refractivity contribution < 1.29 is 4.42 Å². The van der Waals surface area contributed by atoms with Crippen LogP contribution >= 0.6 is 15.9 Å². The van der Waals surface area contributed by atoms with Crippen LogP contribution in [0.25, 0.3) is 10.9 Å². The van der Waals surface area contributed by atoms with Gasteiger partial charge in [0.1, 0.15) is 5.76 Å². The van der Waals surface area contributed by atoms with Crippen LogP contribution in [-0.4, -0.2) is 10.7 Å². The highest BCUT2D eigenvalue weighted by Crippen LogP contribution is 2.31. The highest BCUT2D eigenvalue weighted by Gasteiger charge is 2.20. The Kier molecular flexibility index (Phi) is 3.19. The third-order valence-electron chi connectivity index (χ3n) is 4.00. The maximum atomic E-state index is 5.36. The average molecular weight is 343 g/mol. The summed E-state index contributed by atoms with van der Waals surface area (Å²) in [5, 5.41) is 1.31. The van der Waals surface area contributed by atoms with Gasteiger partial charge in [-0.1, -0.05) is 15.9 Å². The monoisotopic (exact) mass is 342 g/mol. The van der Waals surface area contributed by atoms with Crippen molar-refractivity contribution in [2.24, 2.45) is 4.99 Å². The molecule has 0 aliphatic heterocycles. The summed E-state index contributed by atoms with van der Waals surface area (Å²) in [6, 6.07) is 10.3. The summed E-state index contributed by atoms with van der Waals surface area (Å²) in [4.78, 5) is 8.31. The van der Waals surface area contributed by atoms with Crippen molar-refractivity contribution in [1.29, 1.82) is 0 Å². The molecule has 4 rings (SSSR count). The van der Waals surface area contributed by atoms with Crippen molar-refractivity contribution in [2.75, 3.05) is 0 Å². The number of H-pyrrole nitrogens is 1. The molecule has 1 aromatic carbocycles. The summed E-state index contributed by atoms with van der Waals surface area (Å²) in [7, 11) is 0. The molecule has 0 saturated heterocycles. The van der Waals surface area contributed by atoms with Crippen molar-refractivity contribution in [3.8, 4) is 0 Å². The molecule has 3 nitrogen and oxygen atoms in total. The van der Waals surface area contributed by atoms with Gasteiger partial charge in [0.15, 0.2) is 0 Å². The first-order valence-electron chi connectivity index (χ1n) is 7.17. The number of hydrogen-bond donors (Lipinski definition) is 1. The van der Waals surface area contributed by atoms with Gasteiger partial charge in [0.25, 0.3) is 0 Å². The molecule has 1 aliphatic carbocycles. The standard InChI is InChI=1S/C17H15BrN2O/c18-11-6-7-15-14(9-11)13-4-1-5-16(17(13)20-15)19-10-12-3-2-8-21-12/h2-3,6-9,20H,1,4-5,10H2/b19-16+. The lowest BCUT2D eigenvalue weighted by atomic mass is 9.94. The summed E-state index contributed by atoms with van der Waals surface area (Å²) in [5.74, 6) is 0.911. The number of aromatic nitrogens is 1. The number of nitrogens with one attached hydrogen (secondary N) is 1. The van der Waals surface area contributed by atoms with E-state index in [1.807, 2.05) is 12.1 Å². The van der Waals surface area contributed by atoms with E-state index in [9.17, 15) is 0 Å². The Morgan fingerprint density at radius 1 is 1.24 bits per heavy atom. The molecule has 1 N–H and O–H groups in total. The van der Waals surface area contributed by atoms with Gasteiger partial charge in [-0.05, 0) is 55.2 Å². The number of aryl methyl sites for hydroxylation is 1. The first-order valence-corrected chi connectivity index (χ1v) is 7.97. The van der Waals surface area contributed by atoms with Crippen LogP contribution in [0.2, 0.25) is 0 Å². The Hall–Kier alpha value is -1.81. The van der Waals surface area contributed by atoms with E-state index < -0.39 is 0 Å². The maximum absolute atomic E-state index is 5.36. The van der Waals surface area contributed by atoms with Crippen LogP contribution < -0.4 is 0 Å². The molecule has 0 fully saturated rings. The number of rotatable bonds is 2. The second-order valence-electron chi connectivity index (χ2n) is 5.36. The number of fused-ring (bicyclic) bond motifs is 3. The largest absolute Gasteiger partial charge is 0.467 e. The van der Waals surface area contributed by atoms with Crippen molar-refractivity contribution in [3.63, 3.8) is 0 Å². The molecular weight excluding hydrogens is 328 g/mol. The van der Waals surface area contributed by atoms with Crippen LogP contribution in [0.4, 0.5) is 0 Å². The van der Waals surface area contributed by atoms with Crippen molar-refractivity contribution >= 4 is 32.5 Å². The van der Waals surface area contributed by atoms with E-state index in [1.165, 1.54) is 27.9 Å². The molecule has 0 amide bonds. The third kappa shape index (κ3) is 2.33. The fourth-order valence-corrected chi connectivity index (χ4v) is 3.38. The first kappa shape index (κ1) is 12.9. The summed E-state index contributed by atoms with van der Waals surface area (Å²) < 4.78 is 6.49. The Labute approximate surface area is 131 Å². The third-order valence-corrected chi connectivity index (χ3v) is 4.50. The zero-order valence-electron chi connectivity index (χ0n) is 11.5. The minimum atomic E-state index is 0.612. The van der Waals surface area contributed by atoms with Gasteiger partial charge in [0.05, 0.1) is 24.2 Å². The van der Waals surface area contributed by atoms with Crippen LogP contribution in [0.5, 0.6) is 0 Å². The van der Waals surface area contributed by atoms with Gasteiger partial charge < -0.3 is 9.40 Å². The average Bonchev–Trinajstić information content (AvgIpc) is 3.12. The minimum Gasteiger partial charge on any atom is -0.467 e. The second-order valence-corrected chi connectivity index (χ2v) is 6.28. The lowest BCUT2D eigenvalue weighted by molar-refractivity contribution is 0.512. The highest BCUT2D eigenvalue weighted by molar-refractivity contribution is 9.10. The zero-order valence-corrected chi connectivity index (χ0v) is 13.1. The summed E-state index contributed by atoms with van der Waals surface area (Å²) in [5.41, 5.74) is 4.97. The van der Waals surface area contributed by atoms with Crippen LogP contribution in [0.1, 0.15) is 29.9 Å². The number of nitrogens with zero attached hydrogens (tertiary/aromatic N) is 1. The van der Waals surface area contributed by atoms with Gasteiger partial charge in [-0.2, -0.15) is 0 Å². The molecule has 3 aromatic rings. The van der Waals surface area contributed by atoms with Crippen LogP contribution in [0.3, 0.4) is 0 Å². The predicted octanol–water partition coefficient (Wildman–Crippen LogP) is 4.85. The Bertz CT molecular complexity index is 815. The second kappa shape index (κ2) is 5.19. The Balaban J connectivity index is 1.77. The fraction of sp³-hybridized carbons (Fsp3) is 0.235. The summed E-state index contributed by atoms with van der Waals surface area (Å²) >= 11 is 3.56. The molecule has 4 heteroatoms.